The van der Waals surface area contributed by atoms with E-state index in [4.69, 9.17) is 0 Å². The predicted octanol–water partition coefficient (Wildman–Crippen LogP) is 4.55. The Morgan fingerprint density at radius 3 is 2.42 bits per heavy atom. The molecule has 0 atom stereocenters. The lowest BCUT2D eigenvalue weighted by Gasteiger charge is -2.27. The van der Waals surface area contributed by atoms with Gasteiger partial charge >= 0.3 is 0 Å². The van der Waals surface area contributed by atoms with Gasteiger partial charge in [0.2, 0.25) is 0 Å². The second-order valence-corrected chi connectivity index (χ2v) is 6.38. The van der Waals surface area contributed by atoms with Gasteiger partial charge in [-0.25, -0.2) is 0 Å². The van der Waals surface area contributed by atoms with Crippen molar-refractivity contribution >= 4 is 21.8 Å². The molecule has 104 valence electrons. The molecular weight excluding hydrogens is 302 g/mol. The molecule has 2 nitrogen and oxygen atoms in total. The Labute approximate surface area is 124 Å². The van der Waals surface area contributed by atoms with Crippen molar-refractivity contribution in [3.8, 4) is 0 Å². The van der Waals surface area contributed by atoms with Gasteiger partial charge in [-0.1, -0.05) is 47.7 Å². The fourth-order valence-electron chi connectivity index (χ4n) is 2.74. The number of aryl methyl sites for hydroxylation is 1. The lowest BCUT2D eigenvalue weighted by atomic mass is 10.1. The number of nitrogens with zero attached hydrogens (tertiary/aromatic N) is 1. The zero-order valence-electron chi connectivity index (χ0n) is 11.8. The van der Waals surface area contributed by atoms with Crippen molar-refractivity contribution in [3.63, 3.8) is 0 Å². The van der Waals surface area contributed by atoms with Crippen molar-refractivity contribution in [2.45, 2.75) is 51.5 Å². The van der Waals surface area contributed by atoms with Gasteiger partial charge in [0, 0.05) is 23.1 Å². The largest absolute Gasteiger partial charge is 0.339 e. The summed E-state index contributed by atoms with van der Waals surface area (Å²) in [5.74, 6) is 0.146. The van der Waals surface area contributed by atoms with Gasteiger partial charge in [-0.15, -0.1) is 0 Å². The Bertz CT molecular complexity index is 450. The van der Waals surface area contributed by atoms with E-state index >= 15 is 0 Å². The minimum atomic E-state index is 0.146. The number of carbonyl (C=O) groups is 1. The van der Waals surface area contributed by atoms with Crippen LogP contribution in [0.25, 0.3) is 0 Å². The minimum absolute atomic E-state index is 0.146. The molecule has 0 spiro atoms. The number of benzene rings is 1. The van der Waals surface area contributed by atoms with Crippen molar-refractivity contribution in [2.24, 2.45) is 0 Å². The summed E-state index contributed by atoms with van der Waals surface area (Å²) >= 11 is 3.50. The molecule has 1 aromatic rings. The van der Waals surface area contributed by atoms with Crippen molar-refractivity contribution in [1.82, 2.24) is 4.90 Å². The van der Waals surface area contributed by atoms with E-state index in [9.17, 15) is 4.79 Å². The molecule has 0 radical (unpaired) electrons. The molecule has 1 aliphatic rings. The van der Waals surface area contributed by atoms with Crippen molar-refractivity contribution in [1.29, 1.82) is 0 Å². The number of rotatable bonds is 2. The summed E-state index contributed by atoms with van der Waals surface area (Å²) in [7, 11) is 1.95. The van der Waals surface area contributed by atoms with E-state index in [2.05, 4.69) is 15.9 Å². The topological polar surface area (TPSA) is 20.3 Å². The molecule has 1 aliphatic carbocycles. The highest BCUT2D eigenvalue weighted by Gasteiger charge is 2.22. The highest BCUT2D eigenvalue weighted by Crippen LogP contribution is 2.24. The Hall–Kier alpha value is -0.830. The van der Waals surface area contributed by atoms with Crippen LogP contribution >= 0.6 is 15.9 Å². The highest BCUT2D eigenvalue weighted by molar-refractivity contribution is 9.10. The first-order valence-corrected chi connectivity index (χ1v) is 7.92. The summed E-state index contributed by atoms with van der Waals surface area (Å²) in [4.78, 5) is 14.5. The van der Waals surface area contributed by atoms with Crippen LogP contribution in [0, 0.1) is 6.92 Å². The molecule has 0 bridgehead atoms. The summed E-state index contributed by atoms with van der Waals surface area (Å²) in [6.07, 6.45) is 7.42. The van der Waals surface area contributed by atoms with Gasteiger partial charge in [0.05, 0.1) is 0 Å². The molecule has 0 heterocycles. The Kier molecular flexibility index (Phi) is 5.03. The minimum Gasteiger partial charge on any atom is -0.339 e. The van der Waals surface area contributed by atoms with Gasteiger partial charge in [-0.2, -0.15) is 0 Å². The third-order valence-electron chi connectivity index (χ3n) is 4.11. The molecule has 19 heavy (non-hydrogen) atoms. The second-order valence-electron chi connectivity index (χ2n) is 5.53. The number of hydrogen-bond acceptors (Lipinski definition) is 1. The van der Waals surface area contributed by atoms with Crippen LogP contribution in [0.15, 0.2) is 22.7 Å². The van der Waals surface area contributed by atoms with E-state index in [1.807, 2.05) is 37.1 Å². The fourth-order valence-corrected chi connectivity index (χ4v) is 3.12. The van der Waals surface area contributed by atoms with Crippen molar-refractivity contribution < 1.29 is 4.79 Å². The van der Waals surface area contributed by atoms with E-state index in [-0.39, 0.29) is 5.91 Å². The van der Waals surface area contributed by atoms with Gasteiger partial charge in [0.15, 0.2) is 0 Å². The summed E-state index contributed by atoms with van der Waals surface area (Å²) < 4.78 is 1.01. The molecule has 1 saturated carbocycles. The smallest absolute Gasteiger partial charge is 0.253 e. The van der Waals surface area contributed by atoms with Gasteiger partial charge in [0.1, 0.15) is 0 Å². The second kappa shape index (κ2) is 6.56. The molecule has 1 aromatic carbocycles. The molecule has 0 N–H and O–H groups in total. The number of amides is 1. The number of hydrogen-bond donors (Lipinski definition) is 0. The molecule has 1 amide bonds. The summed E-state index contributed by atoms with van der Waals surface area (Å²) in [5.41, 5.74) is 1.94. The maximum Gasteiger partial charge on any atom is 0.253 e. The average molecular weight is 324 g/mol. The average Bonchev–Trinajstić information content (AvgIpc) is 2.69. The van der Waals surface area contributed by atoms with Gasteiger partial charge in [-0.3, -0.25) is 4.79 Å². The van der Waals surface area contributed by atoms with E-state index in [1.54, 1.807) is 0 Å². The standard InChI is InChI=1S/C16H22BrNO/c1-12-9-10-13(11-15(12)17)16(19)18(2)14-7-5-3-4-6-8-14/h9-11,14H,3-8H2,1-2H3. The molecule has 1 fully saturated rings. The van der Waals surface area contributed by atoms with Crippen LogP contribution in [0.3, 0.4) is 0 Å². The highest BCUT2D eigenvalue weighted by atomic mass is 79.9. The maximum absolute atomic E-state index is 12.5. The molecule has 3 heteroatoms. The van der Waals surface area contributed by atoms with Crippen molar-refractivity contribution in [2.75, 3.05) is 7.05 Å². The Morgan fingerprint density at radius 1 is 1.21 bits per heavy atom. The Balaban J connectivity index is 2.10. The molecule has 0 saturated heterocycles. The summed E-state index contributed by atoms with van der Waals surface area (Å²) in [6, 6.07) is 6.27. The third kappa shape index (κ3) is 3.59. The van der Waals surface area contributed by atoms with E-state index in [0.717, 1.165) is 28.4 Å². The number of halogens is 1. The first-order chi connectivity index (χ1) is 9.09. The molecular formula is C16H22BrNO. The van der Waals surface area contributed by atoms with Crippen LogP contribution in [0.1, 0.15) is 54.4 Å². The quantitative estimate of drug-likeness (QED) is 0.731. The SMILES string of the molecule is Cc1ccc(C(=O)N(C)C2CCCCCC2)cc1Br. The van der Waals surface area contributed by atoms with Crippen LogP contribution < -0.4 is 0 Å². The lowest BCUT2D eigenvalue weighted by molar-refractivity contribution is 0.0717. The van der Waals surface area contributed by atoms with Crippen LogP contribution in [0.5, 0.6) is 0 Å². The van der Waals surface area contributed by atoms with Gasteiger partial charge in [0.25, 0.3) is 5.91 Å². The van der Waals surface area contributed by atoms with E-state index in [1.165, 1.54) is 25.7 Å². The van der Waals surface area contributed by atoms with E-state index in [0.29, 0.717) is 6.04 Å². The van der Waals surface area contributed by atoms with Gasteiger partial charge < -0.3 is 4.90 Å². The fraction of sp³-hybridized carbons (Fsp3) is 0.562. The normalized spacial score (nSPS) is 17.0. The van der Waals surface area contributed by atoms with Crippen LogP contribution in [0.4, 0.5) is 0 Å². The summed E-state index contributed by atoms with van der Waals surface area (Å²) in [6.45, 7) is 2.04. The Morgan fingerprint density at radius 2 is 1.84 bits per heavy atom. The van der Waals surface area contributed by atoms with Gasteiger partial charge in [-0.05, 0) is 37.5 Å². The monoisotopic (exact) mass is 323 g/mol. The third-order valence-corrected chi connectivity index (χ3v) is 4.97. The predicted molar refractivity (Wildman–Crippen MR) is 82.5 cm³/mol. The first-order valence-electron chi connectivity index (χ1n) is 7.13. The maximum atomic E-state index is 12.5. The molecule has 0 unspecified atom stereocenters. The van der Waals surface area contributed by atoms with Crippen molar-refractivity contribution in [3.05, 3.63) is 33.8 Å². The van der Waals surface area contributed by atoms with Crippen LogP contribution in [-0.4, -0.2) is 23.9 Å². The zero-order valence-corrected chi connectivity index (χ0v) is 13.4. The van der Waals surface area contributed by atoms with Crippen LogP contribution in [-0.2, 0) is 0 Å². The number of carbonyl (C=O) groups excluding carboxylic acids is 1. The lowest BCUT2D eigenvalue weighted by Crippen LogP contribution is -2.36. The summed E-state index contributed by atoms with van der Waals surface area (Å²) in [5, 5.41) is 0. The molecule has 0 aromatic heterocycles. The first kappa shape index (κ1) is 14.6. The zero-order chi connectivity index (χ0) is 13.8. The van der Waals surface area contributed by atoms with Crippen LogP contribution in [0.2, 0.25) is 0 Å². The van der Waals surface area contributed by atoms with E-state index < -0.39 is 0 Å². The molecule has 2 rings (SSSR count). The molecule has 0 aliphatic heterocycles.